The molecule has 162 valence electrons. The summed E-state index contributed by atoms with van der Waals surface area (Å²) in [5, 5.41) is 8.68. The van der Waals surface area contributed by atoms with Crippen molar-refractivity contribution >= 4 is 45.0 Å². The van der Waals surface area contributed by atoms with Crippen molar-refractivity contribution in [2.75, 3.05) is 23.4 Å². The Hall–Kier alpha value is -3.45. The number of nitrogens with two attached hydrogens (primary N) is 1. The zero-order valence-electron chi connectivity index (χ0n) is 18.1. The van der Waals surface area contributed by atoms with Gasteiger partial charge in [0.2, 0.25) is 6.41 Å². The van der Waals surface area contributed by atoms with Gasteiger partial charge in [0.05, 0.1) is 0 Å². The first-order valence-electron chi connectivity index (χ1n) is 9.89. The number of halogens is 1. The Kier molecular flexibility index (Phi) is 8.96. The minimum Gasteiger partial charge on any atom is -0.388 e. The van der Waals surface area contributed by atoms with Crippen LogP contribution in [-0.4, -0.2) is 18.4 Å². The number of anilines is 3. The Bertz CT molecular complexity index is 1130. The summed E-state index contributed by atoms with van der Waals surface area (Å²) in [5.41, 5.74) is 11.1. The molecule has 4 N–H and O–H groups in total. The number of carbonyl (C=O) groups is 1. The molecule has 2 heterocycles. The molecule has 7 heteroatoms. The number of carbonyl (C=O) groups excluding carboxylic acids is 1. The normalized spacial score (nSPS) is 9.71. The van der Waals surface area contributed by atoms with Crippen LogP contribution < -0.4 is 16.4 Å². The maximum Gasteiger partial charge on any atom is 0.211 e. The lowest BCUT2D eigenvalue weighted by Gasteiger charge is -2.05. The van der Waals surface area contributed by atoms with Crippen LogP contribution in [0.3, 0.4) is 0 Å². The highest BCUT2D eigenvalue weighted by Gasteiger charge is 2.12. The summed E-state index contributed by atoms with van der Waals surface area (Å²) in [6.07, 6.45) is 2.34. The number of amides is 1. The first-order valence-corrected chi connectivity index (χ1v) is 10.8. The zero-order chi connectivity index (χ0) is 22.8. The number of fused-ring (bicyclic) bond motifs is 1. The molecule has 4 rings (SSSR count). The molecule has 4 aromatic rings. The number of nitrogen functional groups attached to an aromatic ring is 1. The Morgan fingerprint density at radius 1 is 1.10 bits per heavy atom. The van der Waals surface area contributed by atoms with Crippen molar-refractivity contribution in [3.8, 4) is 11.1 Å². The lowest BCUT2D eigenvalue weighted by atomic mass is 10.0. The third-order valence-corrected chi connectivity index (χ3v) is 5.45. The van der Waals surface area contributed by atoms with E-state index in [-0.39, 0.29) is 5.82 Å². The van der Waals surface area contributed by atoms with E-state index in [9.17, 15) is 9.18 Å². The molecule has 0 bridgehead atoms. The van der Waals surface area contributed by atoms with Crippen molar-refractivity contribution in [2.24, 2.45) is 0 Å². The lowest BCUT2D eigenvalue weighted by Crippen LogP contribution is -1.92. The first kappa shape index (κ1) is 23.8. The highest BCUT2D eigenvalue weighted by Crippen LogP contribution is 2.38. The Morgan fingerprint density at radius 3 is 2.42 bits per heavy atom. The topological polar surface area (TPSA) is 80.0 Å². The van der Waals surface area contributed by atoms with Crippen molar-refractivity contribution in [1.29, 1.82) is 0 Å². The second-order valence-electron chi connectivity index (χ2n) is 6.28. The van der Waals surface area contributed by atoms with Crippen LogP contribution in [0.2, 0.25) is 0 Å². The molecule has 0 unspecified atom stereocenters. The number of hydrogen-bond donors (Lipinski definition) is 3. The summed E-state index contributed by atoms with van der Waals surface area (Å²) in [5.74, 6) is 0.251. The summed E-state index contributed by atoms with van der Waals surface area (Å²) in [4.78, 5) is 14.1. The number of aromatic nitrogens is 1. The van der Waals surface area contributed by atoms with E-state index in [1.807, 2.05) is 27.1 Å². The molecule has 0 saturated carbocycles. The number of nitrogens with zero attached hydrogens (tertiary/aromatic N) is 1. The van der Waals surface area contributed by atoms with Gasteiger partial charge < -0.3 is 16.4 Å². The monoisotopic (exact) mass is 438 g/mol. The molecule has 5 nitrogen and oxygen atoms in total. The first-order chi connectivity index (χ1) is 15.0. The maximum absolute atomic E-state index is 12.3. The van der Waals surface area contributed by atoms with Crippen LogP contribution in [0.5, 0.6) is 0 Å². The highest BCUT2D eigenvalue weighted by molar-refractivity contribution is 7.18. The summed E-state index contributed by atoms with van der Waals surface area (Å²) < 4.78 is 13.6. The number of rotatable bonds is 4. The molecule has 0 spiro atoms. The van der Waals surface area contributed by atoms with Gasteiger partial charge in [-0.2, -0.15) is 0 Å². The van der Waals surface area contributed by atoms with E-state index in [0.717, 1.165) is 16.6 Å². The van der Waals surface area contributed by atoms with Gasteiger partial charge in [-0.05, 0) is 53.8 Å². The minimum atomic E-state index is -0.355. The number of aryl methyl sites for hydroxylation is 1. The van der Waals surface area contributed by atoms with E-state index >= 15 is 0 Å². The van der Waals surface area contributed by atoms with Gasteiger partial charge in [0, 0.05) is 40.3 Å². The Balaban J connectivity index is 0.000000241. The van der Waals surface area contributed by atoms with E-state index in [4.69, 9.17) is 5.73 Å². The molecule has 2 aromatic heterocycles. The van der Waals surface area contributed by atoms with Gasteiger partial charge in [0.25, 0.3) is 0 Å². The van der Waals surface area contributed by atoms with Gasteiger partial charge in [-0.1, -0.05) is 32.0 Å². The van der Waals surface area contributed by atoms with Gasteiger partial charge >= 0.3 is 0 Å². The second kappa shape index (κ2) is 11.7. The third kappa shape index (κ3) is 6.02. The number of benzene rings is 2. The lowest BCUT2D eigenvalue weighted by molar-refractivity contribution is -0.105. The van der Waals surface area contributed by atoms with E-state index < -0.39 is 0 Å². The van der Waals surface area contributed by atoms with Crippen molar-refractivity contribution in [2.45, 2.75) is 20.8 Å². The molecule has 0 atom stereocenters. The van der Waals surface area contributed by atoms with E-state index in [2.05, 4.69) is 52.2 Å². The second-order valence-corrected chi connectivity index (χ2v) is 7.16. The highest BCUT2D eigenvalue weighted by atomic mass is 32.1. The average Bonchev–Trinajstić information content (AvgIpc) is 3.25. The molecule has 0 fully saturated rings. The fourth-order valence-corrected chi connectivity index (χ4v) is 3.93. The maximum atomic E-state index is 12.3. The van der Waals surface area contributed by atoms with E-state index in [1.165, 1.54) is 34.0 Å². The number of thiophene rings is 1. The van der Waals surface area contributed by atoms with Crippen molar-refractivity contribution < 1.29 is 9.18 Å². The van der Waals surface area contributed by atoms with Crippen LogP contribution in [-0.2, 0) is 4.79 Å². The summed E-state index contributed by atoms with van der Waals surface area (Å²) >= 11 is 1.72. The Morgan fingerprint density at radius 2 is 1.81 bits per heavy atom. The van der Waals surface area contributed by atoms with E-state index in [1.54, 1.807) is 17.4 Å². The van der Waals surface area contributed by atoms with Crippen molar-refractivity contribution in [1.82, 2.24) is 4.98 Å². The molecule has 0 aliphatic carbocycles. The predicted molar refractivity (Wildman–Crippen MR) is 131 cm³/mol. The SMILES string of the molecule is CC.CNc1ccc(-c2csc3c(C)cnc(N)c23)cc1.O=CNc1cccc(F)c1. The number of hydrogen-bond acceptors (Lipinski definition) is 5. The quantitative estimate of drug-likeness (QED) is 0.326. The van der Waals surface area contributed by atoms with Crippen molar-refractivity contribution in [3.63, 3.8) is 0 Å². The molecule has 1 amide bonds. The molecule has 0 aliphatic rings. The number of pyridine rings is 1. The average molecular weight is 439 g/mol. The molecule has 0 aliphatic heterocycles. The van der Waals surface area contributed by atoms with Crippen molar-refractivity contribution in [3.05, 3.63) is 71.5 Å². The van der Waals surface area contributed by atoms with Crippen LogP contribution in [0.25, 0.3) is 21.2 Å². The molecule has 2 aromatic carbocycles. The van der Waals surface area contributed by atoms with Crippen LogP contribution >= 0.6 is 11.3 Å². The zero-order valence-corrected chi connectivity index (χ0v) is 18.9. The third-order valence-electron chi connectivity index (χ3n) is 4.34. The molecular formula is C24H27FN4OS. The standard InChI is InChI=1S/C15H15N3S.C7H6FNO.C2H6/c1-9-7-18-15(16)13-12(8-19-14(9)13)10-3-5-11(17-2)6-4-10;8-6-2-1-3-7(4-6)9-5-10;1-2/h3-8,17H,1-2H3,(H2,16,18);1-5H,(H,9,10);1-2H3. The molecular weight excluding hydrogens is 411 g/mol. The summed E-state index contributed by atoms with van der Waals surface area (Å²) in [7, 11) is 1.92. The van der Waals surface area contributed by atoms with Gasteiger partial charge in [-0.25, -0.2) is 9.37 Å². The molecule has 0 saturated heterocycles. The summed E-state index contributed by atoms with van der Waals surface area (Å²) in [6.45, 7) is 6.07. The van der Waals surface area contributed by atoms with Crippen LogP contribution in [0.4, 0.5) is 21.6 Å². The largest absolute Gasteiger partial charge is 0.388 e. The van der Waals surface area contributed by atoms with Gasteiger partial charge in [0.15, 0.2) is 0 Å². The van der Waals surface area contributed by atoms with Crippen LogP contribution in [0.1, 0.15) is 19.4 Å². The van der Waals surface area contributed by atoms with Gasteiger partial charge in [0.1, 0.15) is 11.6 Å². The van der Waals surface area contributed by atoms with Crippen LogP contribution in [0, 0.1) is 12.7 Å². The van der Waals surface area contributed by atoms with Gasteiger partial charge in [-0.3, -0.25) is 4.79 Å². The smallest absolute Gasteiger partial charge is 0.211 e. The number of nitrogens with one attached hydrogen (secondary N) is 2. The minimum absolute atomic E-state index is 0.355. The van der Waals surface area contributed by atoms with Gasteiger partial charge in [-0.15, -0.1) is 11.3 Å². The van der Waals surface area contributed by atoms with E-state index in [0.29, 0.717) is 17.9 Å². The molecule has 0 radical (unpaired) electrons. The fourth-order valence-electron chi connectivity index (χ4n) is 2.87. The summed E-state index contributed by atoms with van der Waals surface area (Å²) in [6, 6.07) is 14.0. The Labute approximate surface area is 186 Å². The predicted octanol–water partition coefficient (Wildman–Crippen LogP) is 6.32. The molecule has 31 heavy (non-hydrogen) atoms. The fraction of sp³-hybridized carbons (Fsp3) is 0.167. The van der Waals surface area contributed by atoms with Crippen LogP contribution in [0.15, 0.2) is 60.1 Å².